The molecule has 134 valence electrons. The Morgan fingerprint density at radius 1 is 1.00 bits per heavy atom. The summed E-state index contributed by atoms with van der Waals surface area (Å²) in [6.07, 6.45) is 0. The van der Waals surface area contributed by atoms with Gasteiger partial charge in [-0.05, 0) is 63.6 Å². The van der Waals surface area contributed by atoms with E-state index in [-0.39, 0.29) is 18.0 Å². The average Bonchev–Trinajstić information content (AvgIpc) is 2.55. The summed E-state index contributed by atoms with van der Waals surface area (Å²) in [6.45, 7) is 8.42. The van der Waals surface area contributed by atoms with E-state index < -0.39 is 0 Å². The van der Waals surface area contributed by atoms with Crippen molar-refractivity contribution in [2.45, 2.75) is 46.4 Å². The van der Waals surface area contributed by atoms with Crippen LogP contribution in [0.1, 0.15) is 43.6 Å². The molecule has 0 saturated carbocycles. The van der Waals surface area contributed by atoms with E-state index in [1.807, 2.05) is 56.9 Å². The molecule has 0 aromatic heterocycles. The van der Waals surface area contributed by atoms with Crippen molar-refractivity contribution in [2.75, 3.05) is 0 Å². The first kappa shape index (κ1) is 19.6. The standard InChI is InChI=1S/C20H23Cl2NO2/c1-13(2)23(14(3)4)20(24)16-6-5-7-17(11-16)25-12-15-8-9-18(21)19(22)10-15/h5-11,13-14H,12H2,1-4H3. The molecule has 0 heterocycles. The number of amides is 1. The molecule has 0 unspecified atom stereocenters. The van der Waals surface area contributed by atoms with E-state index in [2.05, 4.69) is 0 Å². The van der Waals surface area contributed by atoms with Crippen LogP contribution in [0, 0.1) is 0 Å². The average molecular weight is 380 g/mol. The van der Waals surface area contributed by atoms with Crippen LogP contribution >= 0.6 is 23.2 Å². The normalized spacial score (nSPS) is 11.0. The third-order valence-electron chi connectivity index (χ3n) is 3.82. The molecule has 0 aliphatic carbocycles. The Kier molecular flexibility index (Phi) is 6.74. The lowest BCUT2D eigenvalue weighted by atomic mass is 10.1. The van der Waals surface area contributed by atoms with Gasteiger partial charge in [0.05, 0.1) is 10.0 Å². The maximum atomic E-state index is 12.8. The zero-order chi connectivity index (χ0) is 18.6. The Labute approximate surface area is 159 Å². The molecule has 0 saturated heterocycles. The minimum Gasteiger partial charge on any atom is -0.489 e. The third-order valence-corrected chi connectivity index (χ3v) is 4.56. The largest absolute Gasteiger partial charge is 0.489 e. The summed E-state index contributed by atoms with van der Waals surface area (Å²) in [5.74, 6) is 0.648. The highest BCUT2D eigenvalue weighted by atomic mass is 35.5. The molecule has 2 aromatic rings. The van der Waals surface area contributed by atoms with Crippen LogP contribution in [0.4, 0.5) is 0 Å². The Morgan fingerprint density at radius 3 is 2.28 bits per heavy atom. The molecule has 0 aliphatic rings. The number of hydrogen-bond donors (Lipinski definition) is 0. The number of halogens is 2. The van der Waals surface area contributed by atoms with Gasteiger partial charge in [-0.3, -0.25) is 4.79 Å². The van der Waals surface area contributed by atoms with Crippen molar-refractivity contribution in [3.63, 3.8) is 0 Å². The number of ether oxygens (including phenoxy) is 1. The fourth-order valence-corrected chi connectivity index (χ4v) is 3.05. The molecule has 25 heavy (non-hydrogen) atoms. The first-order chi connectivity index (χ1) is 11.8. The van der Waals surface area contributed by atoms with Crippen LogP contribution in [0.2, 0.25) is 10.0 Å². The molecule has 0 radical (unpaired) electrons. The van der Waals surface area contributed by atoms with Gasteiger partial charge in [-0.1, -0.05) is 35.3 Å². The van der Waals surface area contributed by atoms with Gasteiger partial charge < -0.3 is 9.64 Å². The van der Waals surface area contributed by atoms with Gasteiger partial charge in [-0.15, -0.1) is 0 Å². The van der Waals surface area contributed by atoms with Crippen LogP contribution in [0.15, 0.2) is 42.5 Å². The van der Waals surface area contributed by atoms with Crippen molar-refractivity contribution in [1.82, 2.24) is 4.90 Å². The summed E-state index contributed by atoms with van der Waals surface area (Å²) in [7, 11) is 0. The second kappa shape index (κ2) is 8.59. The first-order valence-corrected chi connectivity index (χ1v) is 9.04. The number of rotatable bonds is 6. The van der Waals surface area contributed by atoms with Gasteiger partial charge in [0.2, 0.25) is 0 Å². The quantitative estimate of drug-likeness (QED) is 0.631. The Hall–Kier alpha value is -1.71. The van der Waals surface area contributed by atoms with E-state index in [9.17, 15) is 4.79 Å². The predicted molar refractivity (Wildman–Crippen MR) is 104 cm³/mol. The van der Waals surface area contributed by atoms with Crippen LogP contribution < -0.4 is 4.74 Å². The molecular formula is C20H23Cl2NO2. The van der Waals surface area contributed by atoms with Gasteiger partial charge in [0, 0.05) is 17.6 Å². The van der Waals surface area contributed by atoms with E-state index in [0.717, 1.165) is 5.56 Å². The van der Waals surface area contributed by atoms with Crippen LogP contribution in [-0.2, 0) is 6.61 Å². The van der Waals surface area contributed by atoms with E-state index in [1.54, 1.807) is 18.2 Å². The lowest BCUT2D eigenvalue weighted by molar-refractivity contribution is 0.0643. The zero-order valence-corrected chi connectivity index (χ0v) is 16.4. The Balaban J connectivity index is 2.12. The lowest BCUT2D eigenvalue weighted by Crippen LogP contribution is -2.42. The number of carbonyl (C=O) groups excluding carboxylic acids is 1. The molecule has 0 atom stereocenters. The number of hydrogen-bond acceptors (Lipinski definition) is 2. The summed E-state index contributed by atoms with van der Waals surface area (Å²) < 4.78 is 5.81. The van der Waals surface area contributed by atoms with Crippen molar-refractivity contribution >= 4 is 29.1 Å². The lowest BCUT2D eigenvalue weighted by Gasteiger charge is -2.31. The number of nitrogens with zero attached hydrogens (tertiary/aromatic N) is 1. The highest BCUT2D eigenvalue weighted by molar-refractivity contribution is 6.42. The summed E-state index contributed by atoms with van der Waals surface area (Å²) in [5, 5.41) is 1.01. The van der Waals surface area contributed by atoms with Crippen molar-refractivity contribution in [1.29, 1.82) is 0 Å². The molecule has 2 aromatic carbocycles. The van der Waals surface area contributed by atoms with Crippen LogP contribution in [-0.4, -0.2) is 22.9 Å². The number of benzene rings is 2. The maximum absolute atomic E-state index is 12.8. The summed E-state index contributed by atoms with van der Waals surface area (Å²) in [6, 6.07) is 12.9. The van der Waals surface area contributed by atoms with Crippen LogP contribution in [0.3, 0.4) is 0 Å². The van der Waals surface area contributed by atoms with Gasteiger partial charge >= 0.3 is 0 Å². The molecule has 2 rings (SSSR count). The maximum Gasteiger partial charge on any atom is 0.254 e. The van der Waals surface area contributed by atoms with E-state index in [4.69, 9.17) is 27.9 Å². The molecule has 0 spiro atoms. The van der Waals surface area contributed by atoms with Gasteiger partial charge in [0.15, 0.2) is 0 Å². The molecule has 5 heteroatoms. The predicted octanol–water partition coefficient (Wildman–Crippen LogP) is 5.83. The molecule has 0 N–H and O–H groups in total. The minimum atomic E-state index is 0.00462. The van der Waals surface area contributed by atoms with Crippen molar-refractivity contribution in [3.05, 3.63) is 63.6 Å². The second-order valence-corrected chi connectivity index (χ2v) is 7.28. The molecule has 1 amide bonds. The second-order valence-electron chi connectivity index (χ2n) is 6.46. The van der Waals surface area contributed by atoms with Gasteiger partial charge in [-0.2, -0.15) is 0 Å². The van der Waals surface area contributed by atoms with Crippen molar-refractivity contribution < 1.29 is 9.53 Å². The monoisotopic (exact) mass is 379 g/mol. The zero-order valence-electron chi connectivity index (χ0n) is 14.9. The van der Waals surface area contributed by atoms with Crippen molar-refractivity contribution in [3.8, 4) is 5.75 Å². The number of carbonyl (C=O) groups is 1. The highest BCUT2D eigenvalue weighted by Crippen LogP contribution is 2.24. The first-order valence-electron chi connectivity index (χ1n) is 8.29. The van der Waals surface area contributed by atoms with Crippen LogP contribution in [0.5, 0.6) is 5.75 Å². The molecule has 0 aliphatic heterocycles. The van der Waals surface area contributed by atoms with Crippen LogP contribution in [0.25, 0.3) is 0 Å². The minimum absolute atomic E-state index is 0.00462. The van der Waals surface area contributed by atoms with E-state index >= 15 is 0 Å². The summed E-state index contributed by atoms with van der Waals surface area (Å²) >= 11 is 11.9. The van der Waals surface area contributed by atoms with Crippen molar-refractivity contribution in [2.24, 2.45) is 0 Å². The summed E-state index contributed by atoms with van der Waals surface area (Å²) in [4.78, 5) is 14.6. The molecular weight excluding hydrogens is 357 g/mol. The smallest absolute Gasteiger partial charge is 0.254 e. The topological polar surface area (TPSA) is 29.5 Å². The molecule has 0 fully saturated rings. The third kappa shape index (κ3) is 5.13. The Morgan fingerprint density at radius 2 is 1.68 bits per heavy atom. The molecule has 3 nitrogen and oxygen atoms in total. The Bertz CT molecular complexity index is 736. The van der Waals surface area contributed by atoms with Gasteiger partial charge in [0.25, 0.3) is 5.91 Å². The van der Waals surface area contributed by atoms with E-state index in [1.165, 1.54) is 0 Å². The summed E-state index contributed by atoms with van der Waals surface area (Å²) in [5.41, 5.74) is 1.53. The highest BCUT2D eigenvalue weighted by Gasteiger charge is 2.21. The van der Waals surface area contributed by atoms with Gasteiger partial charge in [0.1, 0.15) is 12.4 Å². The van der Waals surface area contributed by atoms with E-state index in [0.29, 0.717) is 28.0 Å². The SMILES string of the molecule is CC(C)N(C(=O)c1cccc(OCc2ccc(Cl)c(Cl)c2)c1)C(C)C. The fraction of sp³-hybridized carbons (Fsp3) is 0.350. The molecule has 0 bridgehead atoms. The fourth-order valence-electron chi connectivity index (χ4n) is 2.73. The van der Waals surface area contributed by atoms with Gasteiger partial charge in [-0.25, -0.2) is 0 Å².